The second-order valence-corrected chi connectivity index (χ2v) is 9.95. The Hall–Kier alpha value is -3.62. The Morgan fingerprint density at radius 2 is 2.12 bits per heavy atom. The minimum absolute atomic E-state index is 0.108. The fourth-order valence-corrected chi connectivity index (χ4v) is 4.04. The van der Waals surface area contributed by atoms with Crippen LogP contribution in [-0.4, -0.2) is 72.4 Å². The molecule has 0 radical (unpaired) electrons. The van der Waals surface area contributed by atoms with Crippen LogP contribution in [-0.2, 0) is 24.0 Å². The Kier molecular flexibility index (Phi) is 5.97. The standard InChI is InChI=1S/C19H25N9O5S/c1-9-11(14(30)28(9)17-23-26-27-24-17)22-13(29)12(10-8-34-16(20)21-10)25-33-19(6-5-7-19)15(31)32-18(2,3)4/h8-9,11H,5-7H2,1-4H3,(H2,20,21)(H,22,29)(H,23,24,26,27)/b25-12-/t9-,11+/m1/s1. The number of nitrogens with two attached hydrogens (primary N) is 1. The van der Waals surface area contributed by atoms with Crippen molar-refractivity contribution in [3.8, 4) is 0 Å². The second kappa shape index (κ2) is 8.62. The number of β-lactam (4-membered cyclic amide) rings is 1. The number of thiazole rings is 1. The molecule has 2 aliphatic rings. The maximum Gasteiger partial charge on any atom is 0.353 e. The van der Waals surface area contributed by atoms with Crippen molar-refractivity contribution >= 4 is 45.9 Å². The van der Waals surface area contributed by atoms with Gasteiger partial charge < -0.3 is 20.6 Å². The smallest absolute Gasteiger partial charge is 0.353 e. The molecule has 34 heavy (non-hydrogen) atoms. The van der Waals surface area contributed by atoms with Gasteiger partial charge in [0.25, 0.3) is 17.8 Å². The molecule has 2 aromatic heterocycles. The van der Waals surface area contributed by atoms with Gasteiger partial charge in [-0.2, -0.15) is 5.21 Å². The van der Waals surface area contributed by atoms with E-state index in [2.05, 4.69) is 36.1 Å². The van der Waals surface area contributed by atoms with Gasteiger partial charge in [-0.1, -0.05) is 10.3 Å². The summed E-state index contributed by atoms with van der Waals surface area (Å²) in [4.78, 5) is 49.5. The Morgan fingerprint density at radius 3 is 2.62 bits per heavy atom. The van der Waals surface area contributed by atoms with E-state index in [-0.39, 0.29) is 22.5 Å². The molecule has 2 atom stereocenters. The fourth-order valence-electron chi connectivity index (χ4n) is 3.49. The number of esters is 1. The number of carbonyl (C=O) groups excluding carboxylic acids is 3. The molecule has 4 rings (SSSR count). The zero-order valence-electron chi connectivity index (χ0n) is 19.1. The van der Waals surface area contributed by atoms with E-state index in [1.165, 1.54) is 10.3 Å². The number of aromatic nitrogens is 5. The number of amides is 2. The summed E-state index contributed by atoms with van der Waals surface area (Å²) in [6.45, 7) is 6.99. The Bertz CT molecular complexity index is 1120. The highest BCUT2D eigenvalue weighted by Gasteiger charge is 2.51. The second-order valence-electron chi connectivity index (χ2n) is 9.06. The molecule has 4 N–H and O–H groups in total. The number of H-pyrrole nitrogens is 1. The van der Waals surface area contributed by atoms with Crippen molar-refractivity contribution in [3.05, 3.63) is 11.1 Å². The van der Waals surface area contributed by atoms with Crippen molar-refractivity contribution in [1.82, 2.24) is 30.9 Å². The Balaban J connectivity index is 1.53. The molecular formula is C19H25N9O5S. The number of hydrogen-bond acceptors (Lipinski definition) is 12. The number of hydrogen-bond donors (Lipinski definition) is 3. The monoisotopic (exact) mass is 491 g/mol. The predicted octanol–water partition coefficient (Wildman–Crippen LogP) is 0.144. The molecule has 15 heteroatoms. The van der Waals surface area contributed by atoms with Crippen LogP contribution in [0.5, 0.6) is 0 Å². The maximum atomic E-state index is 13.1. The summed E-state index contributed by atoms with van der Waals surface area (Å²) < 4.78 is 5.48. The summed E-state index contributed by atoms with van der Waals surface area (Å²) in [6, 6.07) is -1.29. The van der Waals surface area contributed by atoms with Gasteiger partial charge in [0, 0.05) is 18.2 Å². The first kappa shape index (κ1) is 23.5. The third kappa shape index (κ3) is 4.42. The van der Waals surface area contributed by atoms with Crippen LogP contribution in [0.15, 0.2) is 10.5 Å². The van der Waals surface area contributed by atoms with E-state index in [1.807, 2.05) is 0 Å². The Morgan fingerprint density at radius 1 is 1.38 bits per heavy atom. The lowest BCUT2D eigenvalue weighted by Gasteiger charge is -2.42. The minimum atomic E-state index is -1.28. The van der Waals surface area contributed by atoms with E-state index in [4.69, 9.17) is 15.3 Å². The van der Waals surface area contributed by atoms with Gasteiger partial charge in [-0.15, -0.1) is 16.4 Å². The first-order valence-electron chi connectivity index (χ1n) is 10.6. The lowest BCUT2D eigenvalue weighted by atomic mass is 9.80. The highest BCUT2D eigenvalue weighted by Crippen LogP contribution is 2.38. The van der Waals surface area contributed by atoms with Crippen LogP contribution in [0, 0.1) is 0 Å². The van der Waals surface area contributed by atoms with Crippen molar-refractivity contribution in [1.29, 1.82) is 0 Å². The number of ether oxygens (including phenoxy) is 1. The maximum absolute atomic E-state index is 13.1. The number of nitrogen functional groups attached to an aromatic ring is 1. The third-order valence-electron chi connectivity index (χ3n) is 5.45. The molecule has 0 spiro atoms. The minimum Gasteiger partial charge on any atom is -0.457 e. The number of anilines is 2. The molecule has 14 nitrogen and oxygen atoms in total. The number of tetrazole rings is 1. The van der Waals surface area contributed by atoms with Gasteiger partial charge in [-0.3, -0.25) is 14.5 Å². The molecule has 3 heterocycles. The topological polar surface area (TPSA) is 191 Å². The molecular weight excluding hydrogens is 466 g/mol. The molecule has 1 saturated carbocycles. The summed E-state index contributed by atoms with van der Waals surface area (Å²) in [7, 11) is 0. The quantitative estimate of drug-likeness (QED) is 0.208. The summed E-state index contributed by atoms with van der Waals surface area (Å²) >= 11 is 1.11. The molecule has 1 aliphatic heterocycles. The van der Waals surface area contributed by atoms with Gasteiger partial charge in [0.1, 0.15) is 17.3 Å². The van der Waals surface area contributed by atoms with E-state index < -0.39 is 41.1 Å². The molecule has 1 aliphatic carbocycles. The van der Waals surface area contributed by atoms with E-state index in [0.717, 1.165) is 17.8 Å². The van der Waals surface area contributed by atoms with Gasteiger partial charge in [0.05, 0.1) is 6.04 Å². The van der Waals surface area contributed by atoms with Crippen LogP contribution in [0.3, 0.4) is 0 Å². The number of nitrogens with zero attached hydrogens (tertiary/aromatic N) is 6. The fraction of sp³-hybridized carbons (Fsp3) is 0.579. The molecule has 0 bridgehead atoms. The van der Waals surface area contributed by atoms with Crippen LogP contribution in [0.4, 0.5) is 11.1 Å². The van der Waals surface area contributed by atoms with Gasteiger partial charge in [-0.25, -0.2) is 9.78 Å². The average Bonchev–Trinajstić information content (AvgIpc) is 3.39. The zero-order valence-corrected chi connectivity index (χ0v) is 19.9. The number of oxime groups is 1. The summed E-state index contributed by atoms with van der Waals surface area (Å²) in [5, 5.41) is 21.7. The highest BCUT2D eigenvalue weighted by molar-refractivity contribution is 7.13. The molecule has 2 fully saturated rings. The Labute approximate surface area is 198 Å². The van der Waals surface area contributed by atoms with Crippen molar-refractivity contribution < 1.29 is 24.0 Å². The summed E-state index contributed by atoms with van der Waals surface area (Å²) in [5.74, 6) is -1.56. The van der Waals surface area contributed by atoms with Gasteiger partial charge >= 0.3 is 5.97 Å². The average molecular weight is 492 g/mol. The van der Waals surface area contributed by atoms with Crippen LogP contribution < -0.4 is 16.0 Å². The van der Waals surface area contributed by atoms with Crippen molar-refractivity contribution in [3.63, 3.8) is 0 Å². The van der Waals surface area contributed by atoms with E-state index in [9.17, 15) is 14.4 Å². The molecule has 2 aromatic rings. The first-order valence-corrected chi connectivity index (χ1v) is 11.5. The SMILES string of the molecule is C[C@@H]1[C@H](NC(=O)/C(=N\OC2(C(=O)OC(C)(C)C)CCC2)c2csc(N)n2)C(=O)N1c1nn[nH]n1. The summed E-state index contributed by atoms with van der Waals surface area (Å²) in [6.07, 6.45) is 1.55. The molecule has 1 saturated heterocycles. The van der Waals surface area contributed by atoms with Crippen molar-refractivity contribution in [2.45, 2.75) is 70.2 Å². The molecule has 2 amide bonds. The van der Waals surface area contributed by atoms with Crippen molar-refractivity contribution in [2.75, 3.05) is 10.6 Å². The molecule has 182 valence electrons. The molecule has 0 unspecified atom stereocenters. The molecule has 0 aromatic carbocycles. The zero-order chi connectivity index (χ0) is 24.7. The van der Waals surface area contributed by atoms with Gasteiger partial charge in [0.2, 0.25) is 5.60 Å². The lowest BCUT2D eigenvalue weighted by Crippen LogP contribution is -2.70. The van der Waals surface area contributed by atoms with Crippen LogP contribution in [0.25, 0.3) is 0 Å². The summed E-state index contributed by atoms with van der Waals surface area (Å²) in [5.41, 5.74) is 3.69. The largest absolute Gasteiger partial charge is 0.457 e. The third-order valence-corrected chi connectivity index (χ3v) is 6.13. The van der Waals surface area contributed by atoms with E-state index >= 15 is 0 Å². The normalized spacial score (nSPS) is 21.9. The number of carbonyl (C=O) groups is 3. The van der Waals surface area contributed by atoms with E-state index in [1.54, 1.807) is 27.7 Å². The lowest BCUT2D eigenvalue weighted by molar-refractivity contribution is -0.196. The van der Waals surface area contributed by atoms with Crippen LogP contribution in [0.2, 0.25) is 0 Å². The number of aromatic amines is 1. The van der Waals surface area contributed by atoms with Gasteiger partial charge in [-0.05, 0) is 39.3 Å². The first-order chi connectivity index (χ1) is 16.0. The van der Waals surface area contributed by atoms with Crippen molar-refractivity contribution in [2.24, 2.45) is 5.16 Å². The van der Waals surface area contributed by atoms with Gasteiger partial charge in [0.15, 0.2) is 10.8 Å². The van der Waals surface area contributed by atoms with E-state index in [0.29, 0.717) is 12.8 Å². The highest BCUT2D eigenvalue weighted by atomic mass is 32.1. The number of rotatable bonds is 7. The number of nitrogens with one attached hydrogen (secondary N) is 2. The predicted molar refractivity (Wildman–Crippen MR) is 120 cm³/mol. The van der Waals surface area contributed by atoms with Crippen LogP contribution >= 0.6 is 11.3 Å². The van der Waals surface area contributed by atoms with Crippen LogP contribution in [0.1, 0.15) is 52.7 Å².